The van der Waals surface area contributed by atoms with E-state index in [1.54, 1.807) is 6.07 Å². The van der Waals surface area contributed by atoms with E-state index in [0.29, 0.717) is 12.5 Å². The predicted octanol–water partition coefficient (Wildman–Crippen LogP) is 4.75. The highest BCUT2D eigenvalue weighted by atomic mass is 19.2. The molecule has 3 aromatic rings. The molecule has 154 valence electrons. The summed E-state index contributed by atoms with van der Waals surface area (Å²) in [6.45, 7) is 9.91. The highest BCUT2D eigenvalue weighted by Crippen LogP contribution is 2.11. The highest BCUT2D eigenvalue weighted by Gasteiger charge is 2.15. The second-order valence-electron chi connectivity index (χ2n) is 8.40. The summed E-state index contributed by atoms with van der Waals surface area (Å²) in [5, 5.41) is 0. The summed E-state index contributed by atoms with van der Waals surface area (Å²) in [4.78, 5) is 1.36. The van der Waals surface area contributed by atoms with Crippen LogP contribution in [-0.2, 0) is 19.6 Å². The third-order valence-electron chi connectivity index (χ3n) is 5.30. The van der Waals surface area contributed by atoms with Crippen molar-refractivity contribution in [3.63, 3.8) is 0 Å². The molecule has 0 saturated carbocycles. The number of nitrogens with zero attached hydrogens (tertiary/aromatic N) is 1. The molecule has 1 atom stereocenters. The monoisotopic (exact) mass is 397 g/mol. The summed E-state index contributed by atoms with van der Waals surface area (Å²) >= 11 is 0. The quantitative estimate of drug-likeness (QED) is 0.534. The molecule has 0 bridgehead atoms. The summed E-state index contributed by atoms with van der Waals surface area (Å²) in [5.74, 6) is -0.952. The molecular formula is C25H31F2N2+. The van der Waals surface area contributed by atoms with Gasteiger partial charge in [-0.1, -0.05) is 49.7 Å². The van der Waals surface area contributed by atoms with Crippen LogP contribution in [0.25, 0.3) is 0 Å². The van der Waals surface area contributed by atoms with Gasteiger partial charge >= 0.3 is 0 Å². The van der Waals surface area contributed by atoms with Gasteiger partial charge in [0.25, 0.3) is 0 Å². The van der Waals surface area contributed by atoms with E-state index in [0.717, 1.165) is 31.6 Å². The first-order chi connectivity index (χ1) is 13.9. The van der Waals surface area contributed by atoms with Gasteiger partial charge in [0.1, 0.15) is 13.1 Å². The zero-order chi connectivity index (χ0) is 20.8. The molecule has 1 aromatic heterocycles. The van der Waals surface area contributed by atoms with E-state index < -0.39 is 11.6 Å². The molecule has 1 unspecified atom stereocenters. The maximum atomic E-state index is 13.7. The minimum Gasteiger partial charge on any atom is -0.342 e. The molecule has 0 aliphatic carbocycles. The third kappa shape index (κ3) is 6.26. The smallest absolute Gasteiger partial charge is 0.159 e. The molecule has 4 heteroatoms. The lowest BCUT2D eigenvalue weighted by Crippen LogP contribution is -3.09. The Balaban J connectivity index is 1.75. The Bertz CT molecular complexity index is 930. The molecule has 0 spiro atoms. The third-order valence-corrected chi connectivity index (χ3v) is 5.30. The van der Waals surface area contributed by atoms with E-state index in [1.807, 2.05) is 0 Å². The topological polar surface area (TPSA) is 9.37 Å². The van der Waals surface area contributed by atoms with E-state index in [-0.39, 0.29) is 0 Å². The molecule has 29 heavy (non-hydrogen) atoms. The lowest BCUT2D eigenvalue weighted by Gasteiger charge is -2.22. The lowest BCUT2D eigenvalue weighted by atomic mass is 10.1. The maximum Gasteiger partial charge on any atom is 0.159 e. The number of rotatable bonds is 9. The Morgan fingerprint density at radius 2 is 1.72 bits per heavy atom. The maximum absolute atomic E-state index is 13.7. The Labute approximate surface area is 172 Å². The van der Waals surface area contributed by atoms with Crippen LogP contribution in [0, 0.1) is 24.5 Å². The fourth-order valence-electron chi connectivity index (χ4n) is 3.70. The minimum absolute atomic E-state index is 0.606. The molecule has 1 N–H and O–H groups in total. The average Bonchev–Trinajstić information content (AvgIpc) is 3.09. The van der Waals surface area contributed by atoms with Crippen LogP contribution in [0.3, 0.4) is 0 Å². The molecule has 3 rings (SSSR count). The Morgan fingerprint density at radius 3 is 2.45 bits per heavy atom. The number of quaternary nitrogens is 1. The molecule has 0 aliphatic rings. The molecule has 2 nitrogen and oxygen atoms in total. The van der Waals surface area contributed by atoms with Crippen molar-refractivity contribution < 1.29 is 13.7 Å². The SMILES string of the molecule is Cc1cccc(Cn2cccc2C[NH+](CCC(C)C)Cc2ccc(F)c(F)c2)c1. The largest absolute Gasteiger partial charge is 0.342 e. The van der Waals surface area contributed by atoms with Crippen LogP contribution in [0.15, 0.2) is 60.8 Å². The standard InChI is InChI=1S/C25H30F2N2/c1-19(2)11-13-28(16-22-9-10-24(26)25(27)15-22)18-23-8-5-12-29(23)17-21-7-4-6-20(3)14-21/h4-10,12,14-15,19H,11,13,16-18H2,1-3H3/p+1. The summed E-state index contributed by atoms with van der Waals surface area (Å²) in [6, 6.07) is 17.1. The fraction of sp³-hybridized carbons (Fsp3) is 0.360. The molecule has 1 heterocycles. The van der Waals surface area contributed by atoms with E-state index in [9.17, 15) is 8.78 Å². The van der Waals surface area contributed by atoms with E-state index in [4.69, 9.17) is 0 Å². The van der Waals surface area contributed by atoms with Gasteiger partial charge in [-0.25, -0.2) is 8.78 Å². The van der Waals surface area contributed by atoms with E-state index >= 15 is 0 Å². The van der Waals surface area contributed by atoms with Gasteiger partial charge in [0, 0.05) is 18.3 Å². The normalized spacial score (nSPS) is 12.5. The second-order valence-corrected chi connectivity index (χ2v) is 8.40. The zero-order valence-corrected chi connectivity index (χ0v) is 17.6. The molecule has 0 aliphatic heterocycles. The number of hydrogen-bond acceptors (Lipinski definition) is 0. The summed E-state index contributed by atoms with van der Waals surface area (Å²) in [5.41, 5.74) is 4.64. The summed E-state index contributed by atoms with van der Waals surface area (Å²) in [6.07, 6.45) is 3.22. The fourth-order valence-corrected chi connectivity index (χ4v) is 3.70. The minimum atomic E-state index is -0.787. The van der Waals surface area contributed by atoms with Gasteiger partial charge in [0.2, 0.25) is 0 Å². The van der Waals surface area contributed by atoms with Gasteiger partial charge in [-0.2, -0.15) is 0 Å². The van der Waals surface area contributed by atoms with Gasteiger partial charge in [0.15, 0.2) is 11.6 Å². The van der Waals surface area contributed by atoms with Crippen molar-refractivity contribution in [1.82, 2.24) is 4.57 Å². The first-order valence-corrected chi connectivity index (χ1v) is 10.4. The first kappa shape index (κ1) is 21.3. The van der Waals surface area contributed by atoms with Crippen molar-refractivity contribution in [2.75, 3.05) is 6.54 Å². The Morgan fingerprint density at radius 1 is 0.897 bits per heavy atom. The van der Waals surface area contributed by atoms with Gasteiger partial charge < -0.3 is 9.47 Å². The van der Waals surface area contributed by atoms with Crippen LogP contribution in [0.1, 0.15) is 42.7 Å². The highest BCUT2D eigenvalue weighted by molar-refractivity contribution is 5.23. The van der Waals surface area contributed by atoms with Crippen LogP contribution >= 0.6 is 0 Å². The number of hydrogen-bond donors (Lipinski definition) is 1. The van der Waals surface area contributed by atoms with Gasteiger partial charge in [-0.15, -0.1) is 0 Å². The number of benzene rings is 2. The second kappa shape index (κ2) is 9.84. The molecule has 0 fully saturated rings. The zero-order valence-electron chi connectivity index (χ0n) is 17.6. The van der Waals surface area contributed by atoms with Crippen LogP contribution in [-0.4, -0.2) is 11.1 Å². The van der Waals surface area contributed by atoms with E-state index in [1.165, 1.54) is 33.9 Å². The van der Waals surface area contributed by atoms with Crippen LogP contribution < -0.4 is 4.90 Å². The van der Waals surface area contributed by atoms with Gasteiger partial charge in [-0.05, 0) is 49.1 Å². The van der Waals surface area contributed by atoms with Crippen molar-refractivity contribution >= 4 is 0 Å². The predicted molar refractivity (Wildman–Crippen MR) is 114 cm³/mol. The molecule has 2 aromatic carbocycles. The summed E-state index contributed by atoms with van der Waals surface area (Å²) < 4.78 is 29.3. The Kier molecular flexibility index (Phi) is 7.21. The van der Waals surface area contributed by atoms with Crippen molar-refractivity contribution in [1.29, 1.82) is 0 Å². The molecule has 0 radical (unpaired) electrons. The summed E-state index contributed by atoms with van der Waals surface area (Å²) in [7, 11) is 0. The number of aromatic nitrogens is 1. The molecule has 0 amide bonds. The lowest BCUT2D eigenvalue weighted by molar-refractivity contribution is -0.928. The van der Waals surface area contributed by atoms with Crippen molar-refractivity contribution in [3.05, 3.63) is 94.8 Å². The van der Waals surface area contributed by atoms with E-state index in [2.05, 4.69) is 67.9 Å². The van der Waals surface area contributed by atoms with Crippen LogP contribution in [0.4, 0.5) is 8.78 Å². The van der Waals surface area contributed by atoms with Crippen LogP contribution in [0.5, 0.6) is 0 Å². The molecule has 0 saturated heterocycles. The number of halogens is 2. The number of aryl methyl sites for hydroxylation is 1. The first-order valence-electron chi connectivity index (χ1n) is 10.4. The van der Waals surface area contributed by atoms with Crippen molar-refractivity contribution in [3.8, 4) is 0 Å². The number of nitrogens with one attached hydrogen (secondary N) is 1. The molecular weight excluding hydrogens is 366 g/mol. The van der Waals surface area contributed by atoms with Crippen molar-refractivity contribution in [2.45, 2.75) is 46.8 Å². The van der Waals surface area contributed by atoms with Crippen LogP contribution in [0.2, 0.25) is 0 Å². The average molecular weight is 398 g/mol. The van der Waals surface area contributed by atoms with Crippen molar-refractivity contribution in [2.24, 2.45) is 5.92 Å². The van der Waals surface area contributed by atoms with Gasteiger partial charge in [-0.3, -0.25) is 0 Å². The van der Waals surface area contributed by atoms with Gasteiger partial charge in [0.05, 0.1) is 12.2 Å². The Hall–Kier alpha value is -2.46.